The Morgan fingerprint density at radius 1 is 0.967 bits per heavy atom. The molecule has 1 aliphatic rings. The van der Waals surface area contributed by atoms with Crippen molar-refractivity contribution in [1.29, 1.82) is 0 Å². The van der Waals surface area contributed by atoms with Crippen molar-refractivity contribution in [3.05, 3.63) is 59.7 Å². The van der Waals surface area contributed by atoms with Crippen LogP contribution < -0.4 is 14.8 Å². The molecule has 0 radical (unpaired) electrons. The topological polar surface area (TPSA) is 67.9 Å². The summed E-state index contributed by atoms with van der Waals surface area (Å²) in [6.07, 6.45) is 2.80. The summed E-state index contributed by atoms with van der Waals surface area (Å²) in [5.74, 6) is 1.13. The summed E-state index contributed by atoms with van der Waals surface area (Å²) in [5.41, 5.74) is 1.84. The van der Waals surface area contributed by atoms with Gasteiger partial charge in [-0.05, 0) is 43.9 Å². The number of benzene rings is 2. The van der Waals surface area contributed by atoms with E-state index in [0.29, 0.717) is 17.9 Å². The van der Waals surface area contributed by atoms with Crippen LogP contribution in [0.25, 0.3) is 0 Å². The SMILES string of the molecule is CCC(NC(=O)COc1ccccc1C)c1ccccc1OCC(=O)N1CCCC1. The Kier molecular flexibility index (Phi) is 7.71. The maximum atomic E-state index is 12.5. The van der Waals surface area contributed by atoms with Gasteiger partial charge in [-0.2, -0.15) is 0 Å². The Bertz CT molecular complexity index is 862. The Labute approximate surface area is 178 Å². The van der Waals surface area contributed by atoms with Gasteiger partial charge in [-0.3, -0.25) is 9.59 Å². The lowest BCUT2D eigenvalue weighted by atomic mass is 10.0. The average molecular weight is 411 g/mol. The summed E-state index contributed by atoms with van der Waals surface area (Å²) in [5, 5.41) is 3.02. The minimum atomic E-state index is -0.226. The van der Waals surface area contributed by atoms with Crippen LogP contribution in [-0.2, 0) is 9.59 Å². The third kappa shape index (κ3) is 5.75. The van der Waals surface area contributed by atoms with Crippen molar-refractivity contribution in [1.82, 2.24) is 10.2 Å². The van der Waals surface area contributed by atoms with Crippen molar-refractivity contribution in [2.24, 2.45) is 0 Å². The number of aryl methyl sites for hydroxylation is 1. The molecule has 30 heavy (non-hydrogen) atoms. The molecule has 1 atom stereocenters. The fraction of sp³-hybridized carbons (Fsp3) is 0.417. The van der Waals surface area contributed by atoms with Crippen molar-refractivity contribution < 1.29 is 19.1 Å². The molecule has 6 nitrogen and oxygen atoms in total. The Morgan fingerprint density at radius 2 is 1.60 bits per heavy atom. The molecular weight excluding hydrogens is 380 g/mol. The largest absolute Gasteiger partial charge is 0.484 e. The van der Waals surface area contributed by atoms with Crippen molar-refractivity contribution >= 4 is 11.8 Å². The van der Waals surface area contributed by atoms with E-state index in [1.807, 2.05) is 67.3 Å². The Hall–Kier alpha value is -3.02. The first kappa shape index (κ1) is 21.7. The second-order valence-electron chi connectivity index (χ2n) is 7.50. The van der Waals surface area contributed by atoms with Gasteiger partial charge in [0.2, 0.25) is 0 Å². The van der Waals surface area contributed by atoms with Crippen LogP contribution in [0.3, 0.4) is 0 Å². The highest BCUT2D eigenvalue weighted by molar-refractivity contribution is 5.79. The molecule has 6 heteroatoms. The molecule has 0 saturated carbocycles. The van der Waals surface area contributed by atoms with Gasteiger partial charge >= 0.3 is 0 Å². The molecule has 2 aromatic carbocycles. The summed E-state index contributed by atoms with van der Waals surface area (Å²) < 4.78 is 11.5. The molecule has 0 spiro atoms. The zero-order chi connectivity index (χ0) is 21.3. The van der Waals surface area contributed by atoms with Gasteiger partial charge in [0.15, 0.2) is 13.2 Å². The van der Waals surface area contributed by atoms with Crippen LogP contribution in [0.4, 0.5) is 0 Å². The van der Waals surface area contributed by atoms with Gasteiger partial charge < -0.3 is 19.7 Å². The molecule has 0 aliphatic carbocycles. The van der Waals surface area contributed by atoms with Crippen LogP contribution in [0.1, 0.15) is 43.4 Å². The van der Waals surface area contributed by atoms with E-state index < -0.39 is 0 Å². The zero-order valence-electron chi connectivity index (χ0n) is 17.7. The lowest BCUT2D eigenvalue weighted by Crippen LogP contribution is -2.34. The molecular formula is C24H30N2O4. The lowest BCUT2D eigenvalue weighted by molar-refractivity contribution is -0.132. The molecule has 2 aromatic rings. The number of hydrogen-bond acceptors (Lipinski definition) is 4. The molecule has 0 aromatic heterocycles. The number of amides is 2. The van der Waals surface area contributed by atoms with E-state index in [2.05, 4.69) is 5.32 Å². The standard InChI is InChI=1S/C24H30N2O4/c1-3-20(25-23(27)16-29-21-12-6-4-10-18(21)2)19-11-5-7-13-22(19)30-17-24(28)26-14-8-9-15-26/h4-7,10-13,20H,3,8-9,14-17H2,1-2H3,(H,25,27). The summed E-state index contributed by atoms with van der Waals surface area (Å²) in [7, 11) is 0. The number of rotatable bonds is 9. The van der Waals surface area contributed by atoms with Crippen molar-refractivity contribution in [2.45, 2.75) is 39.2 Å². The van der Waals surface area contributed by atoms with Crippen LogP contribution in [0.5, 0.6) is 11.5 Å². The molecule has 1 saturated heterocycles. The highest BCUT2D eigenvalue weighted by Gasteiger charge is 2.21. The molecule has 160 valence electrons. The lowest BCUT2D eigenvalue weighted by Gasteiger charge is -2.22. The Balaban J connectivity index is 1.59. The maximum absolute atomic E-state index is 12.5. The first-order chi connectivity index (χ1) is 14.6. The second kappa shape index (κ2) is 10.7. The summed E-state index contributed by atoms with van der Waals surface area (Å²) >= 11 is 0. The van der Waals surface area contributed by atoms with Crippen LogP contribution in [0.15, 0.2) is 48.5 Å². The van der Waals surface area contributed by atoms with E-state index in [4.69, 9.17) is 9.47 Å². The normalized spacial score (nSPS) is 14.3. The predicted octanol–water partition coefficient (Wildman–Crippen LogP) is 3.64. The number of nitrogens with zero attached hydrogens (tertiary/aromatic N) is 1. The summed E-state index contributed by atoms with van der Waals surface area (Å²) in [6.45, 7) is 5.50. The number of para-hydroxylation sites is 2. The quantitative estimate of drug-likeness (QED) is 0.685. The molecule has 1 heterocycles. The first-order valence-corrected chi connectivity index (χ1v) is 10.6. The summed E-state index contributed by atoms with van der Waals surface area (Å²) in [6, 6.07) is 14.9. The van der Waals surface area contributed by atoms with Crippen LogP contribution in [0.2, 0.25) is 0 Å². The Morgan fingerprint density at radius 3 is 2.30 bits per heavy atom. The fourth-order valence-electron chi connectivity index (χ4n) is 3.59. The number of likely N-dealkylation sites (tertiary alicyclic amines) is 1. The van der Waals surface area contributed by atoms with E-state index in [1.165, 1.54) is 0 Å². The van der Waals surface area contributed by atoms with E-state index >= 15 is 0 Å². The van der Waals surface area contributed by atoms with Gasteiger partial charge in [-0.15, -0.1) is 0 Å². The average Bonchev–Trinajstić information content (AvgIpc) is 3.31. The molecule has 1 N–H and O–H groups in total. The molecule has 1 aliphatic heterocycles. The number of ether oxygens (including phenoxy) is 2. The third-order valence-corrected chi connectivity index (χ3v) is 5.30. The fourth-order valence-corrected chi connectivity index (χ4v) is 3.59. The number of carbonyl (C=O) groups is 2. The minimum Gasteiger partial charge on any atom is -0.484 e. The van der Waals surface area contributed by atoms with Crippen LogP contribution in [-0.4, -0.2) is 43.0 Å². The van der Waals surface area contributed by atoms with Gasteiger partial charge in [0.25, 0.3) is 11.8 Å². The van der Waals surface area contributed by atoms with Crippen molar-refractivity contribution in [2.75, 3.05) is 26.3 Å². The zero-order valence-corrected chi connectivity index (χ0v) is 17.7. The second-order valence-corrected chi connectivity index (χ2v) is 7.50. The summed E-state index contributed by atoms with van der Waals surface area (Å²) in [4.78, 5) is 26.6. The van der Waals surface area contributed by atoms with E-state index in [1.54, 1.807) is 0 Å². The van der Waals surface area contributed by atoms with Crippen LogP contribution in [0, 0.1) is 6.92 Å². The van der Waals surface area contributed by atoms with Gasteiger partial charge in [0, 0.05) is 18.7 Å². The minimum absolute atomic E-state index is 0.00557. The molecule has 1 fully saturated rings. The predicted molar refractivity (Wildman–Crippen MR) is 116 cm³/mol. The van der Waals surface area contributed by atoms with E-state index in [0.717, 1.165) is 37.1 Å². The smallest absolute Gasteiger partial charge is 0.260 e. The maximum Gasteiger partial charge on any atom is 0.260 e. The van der Waals surface area contributed by atoms with Gasteiger partial charge in [0.1, 0.15) is 11.5 Å². The van der Waals surface area contributed by atoms with E-state index in [9.17, 15) is 9.59 Å². The molecule has 0 bridgehead atoms. The number of carbonyl (C=O) groups excluding carboxylic acids is 2. The first-order valence-electron chi connectivity index (χ1n) is 10.6. The van der Waals surface area contributed by atoms with E-state index in [-0.39, 0.29) is 31.1 Å². The third-order valence-electron chi connectivity index (χ3n) is 5.30. The number of hydrogen-bond donors (Lipinski definition) is 1. The molecule has 1 unspecified atom stereocenters. The van der Waals surface area contributed by atoms with Gasteiger partial charge in [0.05, 0.1) is 6.04 Å². The van der Waals surface area contributed by atoms with Gasteiger partial charge in [-0.25, -0.2) is 0 Å². The highest BCUT2D eigenvalue weighted by Crippen LogP contribution is 2.27. The van der Waals surface area contributed by atoms with Crippen molar-refractivity contribution in [3.63, 3.8) is 0 Å². The molecule has 2 amide bonds. The number of nitrogens with one attached hydrogen (secondary N) is 1. The molecule has 3 rings (SSSR count). The van der Waals surface area contributed by atoms with Gasteiger partial charge in [-0.1, -0.05) is 43.3 Å². The highest BCUT2D eigenvalue weighted by atomic mass is 16.5. The van der Waals surface area contributed by atoms with Crippen LogP contribution >= 0.6 is 0 Å². The monoisotopic (exact) mass is 410 g/mol. The van der Waals surface area contributed by atoms with Crippen molar-refractivity contribution in [3.8, 4) is 11.5 Å².